The van der Waals surface area contributed by atoms with Crippen LogP contribution in [0.3, 0.4) is 0 Å². The van der Waals surface area contributed by atoms with E-state index in [1.54, 1.807) is 5.32 Å². The first kappa shape index (κ1) is 12.3. The molecule has 1 aliphatic rings. The molecule has 0 spiro atoms. The Morgan fingerprint density at radius 2 is 1.88 bits per heavy atom. The number of nitrogens with one attached hydrogen (secondary N) is 2. The summed E-state index contributed by atoms with van der Waals surface area (Å²) in [5, 5.41) is 11.6. The highest BCUT2D eigenvalue weighted by Gasteiger charge is 2.64. The van der Waals surface area contributed by atoms with Gasteiger partial charge in [-0.25, -0.2) is 0 Å². The molecule has 0 saturated heterocycles. The Morgan fingerprint density at radius 1 is 1.31 bits per heavy atom. The highest BCUT2D eigenvalue weighted by molar-refractivity contribution is 6.35. The van der Waals surface area contributed by atoms with Gasteiger partial charge in [0.05, 0.1) is 6.07 Å². The maximum atomic E-state index is 12.4. The van der Waals surface area contributed by atoms with Crippen molar-refractivity contribution in [1.29, 1.82) is 5.26 Å². The molecule has 1 rings (SSSR count). The lowest BCUT2D eigenvalue weighted by Gasteiger charge is -2.19. The van der Waals surface area contributed by atoms with Gasteiger partial charge in [0.1, 0.15) is 12.1 Å². The lowest BCUT2D eigenvalue weighted by molar-refractivity contribution is -0.171. The second kappa shape index (κ2) is 4.00. The average Bonchev–Trinajstić information content (AvgIpc) is 2.94. The Kier molecular flexibility index (Phi) is 3.07. The first-order chi connectivity index (χ1) is 7.32. The van der Waals surface area contributed by atoms with Crippen LogP contribution < -0.4 is 10.6 Å². The summed E-state index contributed by atoms with van der Waals surface area (Å²) in [4.78, 5) is 21.9. The Labute approximate surface area is 88.6 Å². The SMILES string of the molecule is N#CCNC(=O)C(=O)NC1(C(F)(F)F)CC1. The highest BCUT2D eigenvalue weighted by Crippen LogP contribution is 2.48. The number of halogens is 3. The van der Waals surface area contributed by atoms with Gasteiger partial charge < -0.3 is 10.6 Å². The van der Waals surface area contributed by atoms with E-state index in [0.717, 1.165) is 0 Å². The largest absolute Gasteiger partial charge is 0.411 e. The van der Waals surface area contributed by atoms with Gasteiger partial charge in [-0.15, -0.1) is 0 Å². The Hall–Kier alpha value is -1.78. The fraction of sp³-hybridized carbons (Fsp3) is 0.625. The molecular formula is C8H8F3N3O2. The number of carbonyl (C=O) groups excluding carboxylic acids is 2. The number of hydrogen-bond donors (Lipinski definition) is 2. The molecule has 0 atom stereocenters. The van der Waals surface area contributed by atoms with Crippen molar-refractivity contribution in [2.75, 3.05) is 6.54 Å². The van der Waals surface area contributed by atoms with Crippen molar-refractivity contribution in [3.8, 4) is 6.07 Å². The van der Waals surface area contributed by atoms with Gasteiger partial charge in [0.25, 0.3) is 0 Å². The quantitative estimate of drug-likeness (QED) is 0.515. The Balaban J connectivity index is 2.53. The van der Waals surface area contributed by atoms with Crippen molar-refractivity contribution in [3.05, 3.63) is 0 Å². The first-order valence-corrected chi connectivity index (χ1v) is 4.36. The van der Waals surface area contributed by atoms with Crippen molar-refractivity contribution in [1.82, 2.24) is 10.6 Å². The number of nitriles is 1. The summed E-state index contributed by atoms with van der Waals surface area (Å²) in [5.41, 5.74) is -2.26. The Bertz CT molecular complexity index is 355. The zero-order chi connectivity index (χ0) is 12.4. The molecule has 2 amide bonds. The van der Waals surface area contributed by atoms with E-state index in [4.69, 9.17) is 5.26 Å². The van der Waals surface area contributed by atoms with Crippen molar-refractivity contribution < 1.29 is 22.8 Å². The van der Waals surface area contributed by atoms with Crippen LogP contribution in [0.15, 0.2) is 0 Å². The molecule has 5 nitrogen and oxygen atoms in total. The monoisotopic (exact) mass is 235 g/mol. The molecule has 0 unspecified atom stereocenters. The molecular weight excluding hydrogens is 227 g/mol. The molecule has 1 aliphatic carbocycles. The molecule has 1 fully saturated rings. The van der Waals surface area contributed by atoms with Crippen molar-refractivity contribution >= 4 is 11.8 Å². The molecule has 0 bridgehead atoms. The molecule has 88 valence electrons. The van der Waals surface area contributed by atoms with Crippen LogP contribution in [0.1, 0.15) is 12.8 Å². The van der Waals surface area contributed by atoms with Crippen LogP contribution in [0.2, 0.25) is 0 Å². The normalized spacial score (nSPS) is 17.1. The first-order valence-electron chi connectivity index (χ1n) is 4.36. The van der Waals surface area contributed by atoms with Gasteiger partial charge in [0.15, 0.2) is 0 Å². The number of hydrogen-bond acceptors (Lipinski definition) is 3. The van der Waals surface area contributed by atoms with Gasteiger partial charge >= 0.3 is 18.0 Å². The smallest absolute Gasteiger partial charge is 0.335 e. The summed E-state index contributed by atoms with van der Waals surface area (Å²) in [7, 11) is 0. The standard InChI is InChI=1S/C8H8F3N3O2/c9-8(10,11)7(1-2-7)14-6(16)5(15)13-4-3-12/h1-2,4H2,(H,13,15)(H,14,16). The second-order valence-electron chi connectivity index (χ2n) is 3.37. The van der Waals surface area contributed by atoms with Gasteiger partial charge in [-0.05, 0) is 12.8 Å². The molecule has 16 heavy (non-hydrogen) atoms. The maximum absolute atomic E-state index is 12.4. The van der Waals surface area contributed by atoms with Crippen molar-refractivity contribution in [3.63, 3.8) is 0 Å². The topological polar surface area (TPSA) is 82.0 Å². The molecule has 0 aromatic carbocycles. The summed E-state index contributed by atoms with van der Waals surface area (Å²) in [6.45, 7) is -0.425. The van der Waals surface area contributed by atoms with E-state index in [2.05, 4.69) is 0 Å². The predicted molar refractivity (Wildman–Crippen MR) is 44.8 cm³/mol. The van der Waals surface area contributed by atoms with E-state index in [1.807, 2.05) is 5.32 Å². The minimum Gasteiger partial charge on any atom is -0.335 e. The third kappa shape index (κ3) is 2.42. The third-order valence-corrected chi connectivity index (χ3v) is 2.18. The van der Waals surface area contributed by atoms with Crippen LogP contribution in [0, 0.1) is 11.3 Å². The summed E-state index contributed by atoms with van der Waals surface area (Å²) in [6.07, 6.45) is -5.01. The van der Waals surface area contributed by atoms with Crippen molar-refractivity contribution in [2.45, 2.75) is 24.6 Å². The lowest BCUT2D eigenvalue weighted by Crippen LogP contribution is -2.52. The van der Waals surface area contributed by atoms with Crippen molar-refractivity contribution in [2.24, 2.45) is 0 Å². The maximum Gasteiger partial charge on any atom is 0.411 e. The van der Waals surface area contributed by atoms with Crippen LogP contribution >= 0.6 is 0 Å². The van der Waals surface area contributed by atoms with Crippen LogP contribution in [-0.4, -0.2) is 30.1 Å². The summed E-state index contributed by atoms with van der Waals surface area (Å²) in [6, 6.07) is 1.53. The van der Waals surface area contributed by atoms with Crippen LogP contribution in [0.5, 0.6) is 0 Å². The molecule has 0 heterocycles. The molecule has 8 heteroatoms. The number of nitrogens with zero attached hydrogens (tertiary/aromatic N) is 1. The van der Waals surface area contributed by atoms with E-state index >= 15 is 0 Å². The van der Waals surface area contributed by atoms with Gasteiger partial charge in [0, 0.05) is 0 Å². The number of carbonyl (C=O) groups is 2. The van der Waals surface area contributed by atoms with E-state index < -0.39 is 30.1 Å². The summed E-state index contributed by atoms with van der Waals surface area (Å²) >= 11 is 0. The summed E-state index contributed by atoms with van der Waals surface area (Å²) in [5.74, 6) is -2.61. The molecule has 0 aromatic heterocycles. The molecule has 0 aliphatic heterocycles. The second-order valence-corrected chi connectivity index (χ2v) is 3.37. The van der Waals surface area contributed by atoms with Crippen LogP contribution in [0.25, 0.3) is 0 Å². The van der Waals surface area contributed by atoms with E-state index in [0.29, 0.717) is 0 Å². The van der Waals surface area contributed by atoms with E-state index in [9.17, 15) is 22.8 Å². The van der Waals surface area contributed by atoms with Crippen LogP contribution in [0.4, 0.5) is 13.2 Å². The number of amides is 2. The minimum absolute atomic E-state index is 0.228. The van der Waals surface area contributed by atoms with E-state index in [-0.39, 0.29) is 12.8 Å². The molecule has 0 aromatic rings. The lowest BCUT2D eigenvalue weighted by atomic mass is 10.2. The number of alkyl halides is 3. The zero-order valence-corrected chi connectivity index (χ0v) is 8.02. The minimum atomic E-state index is -4.56. The van der Waals surface area contributed by atoms with Crippen LogP contribution in [-0.2, 0) is 9.59 Å². The Morgan fingerprint density at radius 3 is 2.25 bits per heavy atom. The molecule has 0 radical (unpaired) electrons. The third-order valence-electron chi connectivity index (χ3n) is 2.18. The summed E-state index contributed by atoms with van der Waals surface area (Å²) < 4.78 is 37.1. The highest BCUT2D eigenvalue weighted by atomic mass is 19.4. The van der Waals surface area contributed by atoms with Gasteiger partial charge in [-0.3, -0.25) is 9.59 Å². The van der Waals surface area contributed by atoms with Gasteiger partial charge in [0.2, 0.25) is 0 Å². The average molecular weight is 235 g/mol. The fourth-order valence-corrected chi connectivity index (χ4v) is 1.08. The zero-order valence-electron chi connectivity index (χ0n) is 8.02. The molecule has 2 N–H and O–H groups in total. The van der Waals surface area contributed by atoms with E-state index in [1.165, 1.54) is 6.07 Å². The van der Waals surface area contributed by atoms with Gasteiger partial charge in [-0.1, -0.05) is 0 Å². The molecule has 1 saturated carbocycles. The number of rotatable bonds is 2. The van der Waals surface area contributed by atoms with Gasteiger partial charge in [-0.2, -0.15) is 18.4 Å². The fourth-order valence-electron chi connectivity index (χ4n) is 1.08. The predicted octanol–water partition coefficient (Wildman–Crippen LogP) is -0.163.